The van der Waals surface area contributed by atoms with E-state index in [-0.39, 0.29) is 29.3 Å². The zero-order valence-electron chi connectivity index (χ0n) is 10.6. The average Bonchev–Trinajstić information content (AvgIpc) is 2.42. The van der Waals surface area contributed by atoms with Gasteiger partial charge in [0.15, 0.2) is 11.6 Å². The topological polar surface area (TPSA) is 54.4 Å². The van der Waals surface area contributed by atoms with E-state index in [0.717, 1.165) is 0 Å². The number of phenols is 1. The van der Waals surface area contributed by atoms with E-state index in [2.05, 4.69) is 0 Å². The van der Waals surface area contributed by atoms with Crippen molar-refractivity contribution in [3.8, 4) is 5.75 Å². The van der Waals surface area contributed by atoms with Gasteiger partial charge in [0.2, 0.25) is 0 Å². The van der Waals surface area contributed by atoms with Crippen molar-refractivity contribution in [2.75, 3.05) is 0 Å². The number of hydrogen-bond donors (Lipinski definition) is 1. The van der Waals surface area contributed by atoms with Gasteiger partial charge in [-0.2, -0.15) is 0 Å². The maximum absolute atomic E-state index is 12.0. The lowest BCUT2D eigenvalue weighted by molar-refractivity contribution is 0.0893. The number of rotatable bonds is 4. The molecule has 96 valence electrons. The Morgan fingerprint density at radius 2 is 1.63 bits per heavy atom. The monoisotopic (exact) mass is 254 g/mol. The van der Waals surface area contributed by atoms with Crippen LogP contribution in [0.5, 0.6) is 5.75 Å². The van der Waals surface area contributed by atoms with Crippen LogP contribution < -0.4 is 0 Å². The van der Waals surface area contributed by atoms with Gasteiger partial charge in [0.25, 0.3) is 0 Å². The van der Waals surface area contributed by atoms with E-state index in [1.54, 1.807) is 43.3 Å². The molecule has 0 aliphatic carbocycles. The third-order valence-electron chi connectivity index (χ3n) is 2.96. The van der Waals surface area contributed by atoms with Gasteiger partial charge in [-0.25, -0.2) is 0 Å². The van der Waals surface area contributed by atoms with Crippen molar-refractivity contribution < 1.29 is 14.7 Å². The van der Waals surface area contributed by atoms with E-state index in [9.17, 15) is 14.7 Å². The SMILES string of the molecule is Cc1cccc(C(=O)CC(=O)c2ccccc2)c1O. The molecule has 0 aliphatic heterocycles. The summed E-state index contributed by atoms with van der Waals surface area (Å²) in [5, 5.41) is 9.82. The van der Waals surface area contributed by atoms with Gasteiger partial charge in [-0.05, 0) is 18.6 Å². The van der Waals surface area contributed by atoms with E-state index >= 15 is 0 Å². The Balaban J connectivity index is 2.18. The van der Waals surface area contributed by atoms with Crippen LogP contribution in [0.1, 0.15) is 32.7 Å². The smallest absolute Gasteiger partial charge is 0.174 e. The Bertz CT molecular complexity index is 615. The average molecular weight is 254 g/mol. The summed E-state index contributed by atoms with van der Waals surface area (Å²) in [5.74, 6) is -0.657. The molecule has 0 aromatic heterocycles. The molecular formula is C16H14O3. The van der Waals surface area contributed by atoms with E-state index in [1.807, 2.05) is 6.07 Å². The standard InChI is InChI=1S/C16H14O3/c1-11-6-5-9-13(16(11)19)15(18)10-14(17)12-7-3-2-4-8-12/h2-9,19H,10H2,1H3. The van der Waals surface area contributed by atoms with E-state index in [0.29, 0.717) is 11.1 Å². The van der Waals surface area contributed by atoms with Crippen LogP contribution in [-0.2, 0) is 0 Å². The van der Waals surface area contributed by atoms with Gasteiger partial charge in [-0.15, -0.1) is 0 Å². The summed E-state index contributed by atoms with van der Waals surface area (Å²) in [6, 6.07) is 13.6. The molecule has 0 fully saturated rings. The number of Topliss-reactive ketones (excluding diaryl/α,β-unsaturated/α-hetero) is 2. The summed E-state index contributed by atoms with van der Waals surface area (Å²) in [6.07, 6.45) is -0.235. The van der Waals surface area contributed by atoms with Gasteiger partial charge in [0, 0.05) is 5.56 Å². The molecule has 0 heterocycles. The van der Waals surface area contributed by atoms with Crippen molar-refractivity contribution in [2.45, 2.75) is 13.3 Å². The molecule has 0 atom stereocenters. The number of aromatic hydroxyl groups is 1. The first-order valence-corrected chi connectivity index (χ1v) is 5.99. The van der Waals surface area contributed by atoms with Gasteiger partial charge >= 0.3 is 0 Å². The van der Waals surface area contributed by atoms with E-state index in [4.69, 9.17) is 0 Å². The maximum Gasteiger partial charge on any atom is 0.174 e. The predicted molar refractivity (Wildman–Crippen MR) is 72.6 cm³/mol. The summed E-state index contributed by atoms with van der Waals surface area (Å²) < 4.78 is 0. The highest BCUT2D eigenvalue weighted by Crippen LogP contribution is 2.23. The minimum atomic E-state index is -0.366. The van der Waals surface area contributed by atoms with Crippen molar-refractivity contribution in [3.63, 3.8) is 0 Å². The Morgan fingerprint density at radius 1 is 0.947 bits per heavy atom. The molecule has 2 aromatic carbocycles. The molecule has 0 saturated heterocycles. The molecule has 3 heteroatoms. The quantitative estimate of drug-likeness (QED) is 0.673. The van der Waals surface area contributed by atoms with Gasteiger partial charge in [-0.3, -0.25) is 9.59 Å². The molecule has 19 heavy (non-hydrogen) atoms. The number of para-hydroxylation sites is 1. The normalized spacial score (nSPS) is 10.2. The molecular weight excluding hydrogens is 240 g/mol. The first kappa shape index (κ1) is 13.0. The third kappa shape index (κ3) is 2.88. The molecule has 0 amide bonds. The van der Waals surface area contributed by atoms with Crippen LogP contribution in [0.3, 0.4) is 0 Å². The highest BCUT2D eigenvalue weighted by Gasteiger charge is 2.17. The number of hydrogen-bond acceptors (Lipinski definition) is 3. The van der Waals surface area contributed by atoms with Gasteiger partial charge in [-0.1, -0.05) is 42.5 Å². The summed E-state index contributed by atoms with van der Waals surface area (Å²) in [6.45, 7) is 1.71. The molecule has 0 spiro atoms. The lowest BCUT2D eigenvalue weighted by Crippen LogP contribution is -2.09. The number of ketones is 2. The van der Waals surface area contributed by atoms with Gasteiger partial charge < -0.3 is 5.11 Å². The van der Waals surface area contributed by atoms with Crippen LogP contribution in [0.15, 0.2) is 48.5 Å². The van der Waals surface area contributed by atoms with Crippen LogP contribution >= 0.6 is 0 Å². The van der Waals surface area contributed by atoms with Crippen LogP contribution in [0.4, 0.5) is 0 Å². The number of benzene rings is 2. The third-order valence-corrected chi connectivity index (χ3v) is 2.96. The number of aryl methyl sites for hydroxylation is 1. The highest BCUT2D eigenvalue weighted by atomic mass is 16.3. The molecule has 2 aromatic rings. The van der Waals surface area contributed by atoms with Crippen LogP contribution in [-0.4, -0.2) is 16.7 Å². The Morgan fingerprint density at radius 3 is 2.32 bits per heavy atom. The molecule has 2 rings (SSSR count). The number of phenolic OH excluding ortho intramolecular Hbond substituents is 1. The molecule has 3 nitrogen and oxygen atoms in total. The van der Waals surface area contributed by atoms with Crippen LogP contribution in [0, 0.1) is 6.92 Å². The van der Waals surface area contributed by atoms with Crippen molar-refractivity contribution in [2.24, 2.45) is 0 Å². The van der Waals surface area contributed by atoms with Crippen LogP contribution in [0.25, 0.3) is 0 Å². The minimum absolute atomic E-state index is 0.0478. The van der Waals surface area contributed by atoms with Crippen molar-refractivity contribution in [3.05, 3.63) is 65.2 Å². The van der Waals surface area contributed by atoms with Crippen molar-refractivity contribution in [1.82, 2.24) is 0 Å². The molecule has 0 unspecified atom stereocenters. The summed E-state index contributed by atoms with van der Waals surface area (Å²) in [4.78, 5) is 23.9. The second kappa shape index (κ2) is 5.48. The Hall–Kier alpha value is -2.42. The summed E-state index contributed by atoms with van der Waals surface area (Å²) in [7, 11) is 0. The Kier molecular flexibility index (Phi) is 3.76. The first-order chi connectivity index (χ1) is 9.09. The van der Waals surface area contributed by atoms with E-state index < -0.39 is 0 Å². The van der Waals surface area contributed by atoms with Crippen LogP contribution in [0.2, 0.25) is 0 Å². The van der Waals surface area contributed by atoms with Gasteiger partial charge in [0.1, 0.15) is 5.75 Å². The maximum atomic E-state index is 12.0. The lowest BCUT2D eigenvalue weighted by Gasteiger charge is -2.05. The van der Waals surface area contributed by atoms with Crippen molar-refractivity contribution in [1.29, 1.82) is 0 Å². The molecule has 0 bridgehead atoms. The minimum Gasteiger partial charge on any atom is -0.507 e. The first-order valence-electron chi connectivity index (χ1n) is 5.99. The second-order valence-corrected chi connectivity index (χ2v) is 4.36. The largest absolute Gasteiger partial charge is 0.507 e. The van der Waals surface area contributed by atoms with Crippen molar-refractivity contribution >= 4 is 11.6 Å². The second-order valence-electron chi connectivity index (χ2n) is 4.36. The predicted octanol–water partition coefficient (Wildman–Crippen LogP) is 3.16. The number of carbonyl (C=O) groups excluding carboxylic acids is 2. The fourth-order valence-corrected chi connectivity index (χ4v) is 1.85. The van der Waals surface area contributed by atoms with E-state index in [1.165, 1.54) is 6.07 Å². The zero-order valence-corrected chi connectivity index (χ0v) is 10.6. The molecule has 1 N–H and O–H groups in total. The molecule has 0 saturated carbocycles. The Labute approximate surface area is 111 Å². The fourth-order valence-electron chi connectivity index (χ4n) is 1.85. The lowest BCUT2D eigenvalue weighted by atomic mass is 9.99. The van der Waals surface area contributed by atoms with Gasteiger partial charge in [0.05, 0.1) is 12.0 Å². The number of carbonyl (C=O) groups is 2. The highest BCUT2D eigenvalue weighted by molar-refractivity contribution is 6.14. The summed E-state index contributed by atoms with van der Waals surface area (Å²) >= 11 is 0. The molecule has 0 radical (unpaired) electrons. The summed E-state index contributed by atoms with van der Waals surface area (Å²) in [5.41, 5.74) is 1.32. The molecule has 0 aliphatic rings. The fraction of sp³-hybridized carbons (Fsp3) is 0.125. The zero-order chi connectivity index (χ0) is 13.8.